The summed E-state index contributed by atoms with van der Waals surface area (Å²) in [5, 5.41) is 13.7. The zero-order chi connectivity index (χ0) is 29.1. The number of amides is 2. The first-order valence-corrected chi connectivity index (χ1v) is 13.6. The fourth-order valence-corrected chi connectivity index (χ4v) is 5.47. The van der Waals surface area contributed by atoms with Gasteiger partial charge in [-0.3, -0.25) is 14.4 Å². The summed E-state index contributed by atoms with van der Waals surface area (Å²) in [7, 11) is 0. The van der Waals surface area contributed by atoms with Crippen molar-refractivity contribution in [3.63, 3.8) is 0 Å². The van der Waals surface area contributed by atoms with Crippen LogP contribution in [0.25, 0.3) is 10.9 Å². The average molecular weight is 555 g/mol. The summed E-state index contributed by atoms with van der Waals surface area (Å²) in [4.78, 5) is 44.6. The molecule has 2 heterocycles. The number of aromatic nitrogens is 1. The van der Waals surface area contributed by atoms with E-state index in [2.05, 4.69) is 10.3 Å². The highest BCUT2D eigenvalue weighted by atomic mass is 16.5. The van der Waals surface area contributed by atoms with Crippen molar-refractivity contribution >= 4 is 28.7 Å². The third-order valence-electron chi connectivity index (χ3n) is 7.59. The van der Waals surface area contributed by atoms with Crippen LogP contribution >= 0.6 is 0 Å². The van der Waals surface area contributed by atoms with E-state index in [1.165, 1.54) is 4.90 Å². The number of benzene rings is 3. The lowest BCUT2D eigenvalue weighted by Gasteiger charge is -2.25. The summed E-state index contributed by atoms with van der Waals surface area (Å²) in [6, 6.07) is 18.5. The minimum absolute atomic E-state index is 0.102. The summed E-state index contributed by atoms with van der Waals surface area (Å²) < 4.78 is 5.45. The van der Waals surface area contributed by atoms with E-state index in [1.807, 2.05) is 68.4 Å². The van der Waals surface area contributed by atoms with Gasteiger partial charge in [-0.15, -0.1) is 0 Å². The first-order valence-electron chi connectivity index (χ1n) is 13.6. The molecule has 1 aromatic heterocycles. The lowest BCUT2D eigenvalue weighted by molar-refractivity contribution is -0.151. The molecule has 0 aliphatic carbocycles. The van der Waals surface area contributed by atoms with Gasteiger partial charge in [0.2, 0.25) is 11.8 Å². The van der Waals surface area contributed by atoms with Gasteiger partial charge in [0.1, 0.15) is 24.9 Å². The zero-order valence-corrected chi connectivity index (χ0v) is 23.1. The summed E-state index contributed by atoms with van der Waals surface area (Å²) >= 11 is 0. The van der Waals surface area contributed by atoms with Crippen LogP contribution in [0.2, 0.25) is 0 Å². The van der Waals surface area contributed by atoms with Gasteiger partial charge in [0, 0.05) is 23.0 Å². The number of phenolic OH excluding ortho intramolecular Hbond substituents is 1. The number of nitrogens with two attached hydrogens (primary N) is 1. The van der Waals surface area contributed by atoms with Crippen molar-refractivity contribution in [2.75, 3.05) is 6.54 Å². The minimum atomic E-state index is -0.919. The van der Waals surface area contributed by atoms with Crippen LogP contribution in [0, 0.1) is 13.8 Å². The topological polar surface area (TPSA) is 138 Å². The number of ether oxygens (including phenoxy) is 1. The summed E-state index contributed by atoms with van der Waals surface area (Å²) in [6.45, 7) is 3.73. The number of carbonyl (C=O) groups is 3. The van der Waals surface area contributed by atoms with Crippen molar-refractivity contribution < 1.29 is 24.2 Å². The molecular weight excluding hydrogens is 520 g/mol. The molecule has 41 heavy (non-hydrogen) atoms. The normalized spacial score (nSPS) is 15.7. The Morgan fingerprint density at radius 2 is 1.78 bits per heavy atom. The number of phenols is 1. The molecule has 0 saturated carbocycles. The van der Waals surface area contributed by atoms with Crippen molar-refractivity contribution in [3.8, 4) is 5.75 Å². The lowest BCUT2D eigenvalue weighted by atomic mass is 9.95. The molecular formula is C32H34N4O5. The largest absolute Gasteiger partial charge is 0.508 e. The van der Waals surface area contributed by atoms with Crippen molar-refractivity contribution in [1.82, 2.24) is 15.2 Å². The molecule has 0 radical (unpaired) electrons. The molecule has 0 unspecified atom stereocenters. The number of aromatic hydroxyl groups is 1. The Morgan fingerprint density at radius 1 is 1.10 bits per heavy atom. The molecule has 2 amide bonds. The second kappa shape index (κ2) is 11.9. The highest BCUT2D eigenvalue weighted by molar-refractivity contribution is 5.94. The quantitative estimate of drug-likeness (QED) is 0.247. The standard InChI is InChI=1S/C32H34N4O5/c1-19-12-22(37)13-20(2)24(19)14-26(33)31(39)35-28-15-25-23-10-6-7-11-27(23)34-29(25)16-36(32(28)40)17-30(38)41-18-21-8-4-3-5-9-21/h3-13,26,28,34,37H,14-18,33H2,1-2H3,(H,35,39)/t26-,28-/m0/s1. The van der Waals surface area contributed by atoms with E-state index in [0.717, 1.165) is 44.4 Å². The minimum Gasteiger partial charge on any atom is -0.508 e. The third kappa shape index (κ3) is 6.25. The van der Waals surface area contributed by atoms with Gasteiger partial charge in [-0.05, 0) is 66.3 Å². The number of para-hydroxylation sites is 1. The SMILES string of the molecule is Cc1cc(O)cc(C)c1C[C@H](N)C(=O)N[C@H]1Cc2c([nH]c3ccccc23)CN(CC(=O)OCc2ccccc2)C1=O. The van der Waals surface area contributed by atoms with Crippen molar-refractivity contribution in [1.29, 1.82) is 0 Å². The maximum atomic E-state index is 13.7. The van der Waals surface area contributed by atoms with E-state index in [0.29, 0.717) is 0 Å². The lowest BCUT2D eigenvalue weighted by Crippen LogP contribution is -2.53. The zero-order valence-electron chi connectivity index (χ0n) is 23.1. The van der Waals surface area contributed by atoms with Crippen LogP contribution in [-0.4, -0.2) is 51.4 Å². The van der Waals surface area contributed by atoms with E-state index in [-0.39, 0.29) is 44.2 Å². The Labute approximate surface area is 238 Å². The number of hydrogen-bond donors (Lipinski definition) is 4. The molecule has 0 bridgehead atoms. The molecule has 5 N–H and O–H groups in total. The summed E-state index contributed by atoms with van der Waals surface area (Å²) in [6.07, 6.45) is 0.502. The van der Waals surface area contributed by atoms with Gasteiger partial charge in [-0.2, -0.15) is 0 Å². The first kappa shape index (κ1) is 27.9. The molecule has 1 aliphatic heterocycles. The molecule has 0 saturated heterocycles. The number of aryl methyl sites for hydroxylation is 2. The predicted molar refractivity (Wildman–Crippen MR) is 155 cm³/mol. The van der Waals surface area contributed by atoms with Gasteiger partial charge in [0.05, 0.1) is 12.6 Å². The number of carbonyl (C=O) groups excluding carboxylic acids is 3. The predicted octanol–water partition coefficient (Wildman–Crippen LogP) is 3.17. The Balaban J connectivity index is 1.35. The van der Waals surface area contributed by atoms with E-state index < -0.39 is 24.0 Å². The van der Waals surface area contributed by atoms with Gasteiger partial charge in [0.15, 0.2) is 0 Å². The molecule has 9 nitrogen and oxygen atoms in total. The van der Waals surface area contributed by atoms with Crippen LogP contribution in [0.15, 0.2) is 66.7 Å². The number of esters is 1. The van der Waals surface area contributed by atoms with Crippen molar-refractivity contribution in [3.05, 3.63) is 100 Å². The van der Waals surface area contributed by atoms with Crippen LogP contribution in [0.1, 0.15) is 33.5 Å². The number of rotatable bonds is 8. The van der Waals surface area contributed by atoms with Gasteiger partial charge in [-0.1, -0.05) is 48.5 Å². The molecule has 0 spiro atoms. The number of aromatic amines is 1. The van der Waals surface area contributed by atoms with E-state index in [4.69, 9.17) is 10.5 Å². The molecule has 5 rings (SSSR count). The molecule has 4 aromatic rings. The van der Waals surface area contributed by atoms with Gasteiger partial charge in [-0.25, -0.2) is 0 Å². The fraction of sp³-hybridized carbons (Fsp3) is 0.281. The van der Waals surface area contributed by atoms with Crippen LogP contribution in [0.3, 0.4) is 0 Å². The van der Waals surface area contributed by atoms with Crippen LogP contribution in [0.5, 0.6) is 5.75 Å². The smallest absolute Gasteiger partial charge is 0.325 e. The van der Waals surface area contributed by atoms with Gasteiger partial charge in [0.25, 0.3) is 0 Å². The number of fused-ring (bicyclic) bond motifs is 3. The molecule has 9 heteroatoms. The van der Waals surface area contributed by atoms with Gasteiger partial charge >= 0.3 is 5.97 Å². The summed E-state index contributed by atoms with van der Waals surface area (Å²) in [5.74, 6) is -1.23. The Kier molecular flexibility index (Phi) is 8.07. The van der Waals surface area contributed by atoms with Gasteiger partial charge < -0.3 is 30.8 Å². The van der Waals surface area contributed by atoms with Crippen LogP contribution in [0.4, 0.5) is 0 Å². The Morgan fingerprint density at radius 3 is 2.51 bits per heavy atom. The maximum absolute atomic E-state index is 13.7. The fourth-order valence-electron chi connectivity index (χ4n) is 5.47. The van der Waals surface area contributed by atoms with E-state index in [9.17, 15) is 19.5 Å². The van der Waals surface area contributed by atoms with Crippen LogP contribution < -0.4 is 11.1 Å². The number of nitrogens with zero attached hydrogens (tertiary/aromatic N) is 1. The third-order valence-corrected chi connectivity index (χ3v) is 7.59. The van der Waals surface area contributed by atoms with Crippen molar-refractivity contribution in [2.45, 2.75) is 51.9 Å². The van der Waals surface area contributed by atoms with Crippen molar-refractivity contribution in [2.24, 2.45) is 5.73 Å². The number of H-pyrrole nitrogens is 1. The average Bonchev–Trinajstić information content (AvgIpc) is 3.23. The number of nitrogens with one attached hydrogen (secondary N) is 2. The first-order chi connectivity index (χ1) is 19.7. The maximum Gasteiger partial charge on any atom is 0.325 e. The van der Waals surface area contributed by atoms with E-state index in [1.54, 1.807) is 12.1 Å². The monoisotopic (exact) mass is 554 g/mol. The molecule has 0 fully saturated rings. The molecule has 1 aliphatic rings. The second-order valence-electron chi connectivity index (χ2n) is 10.6. The highest BCUT2D eigenvalue weighted by Crippen LogP contribution is 2.28. The van der Waals surface area contributed by atoms with Crippen LogP contribution in [-0.2, 0) is 45.1 Å². The Hall–Kier alpha value is -4.63. The second-order valence-corrected chi connectivity index (χ2v) is 10.6. The highest BCUT2D eigenvalue weighted by Gasteiger charge is 2.34. The molecule has 2 atom stereocenters. The Bertz CT molecular complexity index is 1570. The molecule has 3 aromatic carbocycles. The molecule has 212 valence electrons. The number of hydrogen-bond acceptors (Lipinski definition) is 6. The summed E-state index contributed by atoms with van der Waals surface area (Å²) in [5.41, 5.74) is 12.4. The van der Waals surface area contributed by atoms with E-state index >= 15 is 0 Å².